The van der Waals surface area contributed by atoms with E-state index in [9.17, 15) is 9.59 Å². The summed E-state index contributed by atoms with van der Waals surface area (Å²) in [5.74, 6) is -0.921. The lowest BCUT2D eigenvalue weighted by molar-refractivity contribution is -0.122. The number of hydrogen-bond donors (Lipinski definition) is 1. The summed E-state index contributed by atoms with van der Waals surface area (Å²) in [5, 5.41) is 2.66. The summed E-state index contributed by atoms with van der Waals surface area (Å²) in [6, 6.07) is 16.6. The maximum Gasteiger partial charge on any atom is 0.270 e. The molecule has 1 fully saturated rings. The fraction of sp³-hybridized carbons (Fsp3) is 0.105. The fourth-order valence-corrected chi connectivity index (χ4v) is 2.79. The number of hydrogen-bond acceptors (Lipinski definition) is 4. The van der Waals surface area contributed by atoms with Crippen LogP contribution in [0, 0.1) is 0 Å². The van der Waals surface area contributed by atoms with Crippen LogP contribution < -0.4 is 15.1 Å². The van der Waals surface area contributed by atoms with Crippen LogP contribution >= 0.6 is 12.2 Å². The van der Waals surface area contributed by atoms with Crippen molar-refractivity contribution < 1.29 is 9.59 Å². The van der Waals surface area contributed by atoms with Crippen molar-refractivity contribution in [1.82, 2.24) is 5.32 Å². The zero-order chi connectivity index (χ0) is 18.0. The Bertz CT molecular complexity index is 858. The Kier molecular flexibility index (Phi) is 4.63. The molecule has 1 heterocycles. The van der Waals surface area contributed by atoms with Gasteiger partial charge in [0.05, 0.1) is 5.69 Å². The van der Waals surface area contributed by atoms with Crippen molar-refractivity contribution in [2.24, 2.45) is 0 Å². The molecule has 3 rings (SSSR count). The average molecular weight is 351 g/mol. The standard InChI is InChI=1S/C19H17N3O2S/c1-21(2)14-10-8-13(9-11-14)12-16-17(23)20-19(25)22(18(16)24)15-6-4-3-5-7-15/h3-12H,1-2H3,(H,20,23,25)/b16-12+. The predicted octanol–water partition coefficient (Wildman–Crippen LogP) is 2.58. The number of thiocarbonyl (C=S) groups is 1. The van der Waals surface area contributed by atoms with E-state index in [2.05, 4.69) is 5.32 Å². The molecule has 1 aliphatic rings. The van der Waals surface area contributed by atoms with Gasteiger partial charge in [0.2, 0.25) is 0 Å². The van der Waals surface area contributed by atoms with Gasteiger partial charge in [-0.3, -0.25) is 19.8 Å². The van der Waals surface area contributed by atoms with Crippen LogP contribution in [-0.4, -0.2) is 31.0 Å². The van der Waals surface area contributed by atoms with Gasteiger partial charge < -0.3 is 4.90 Å². The number of rotatable bonds is 3. The van der Waals surface area contributed by atoms with Gasteiger partial charge in [-0.05, 0) is 48.1 Å². The molecule has 0 bridgehead atoms. The SMILES string of the molecule is CN(C)c1ccc(/C=C2\C(=O)NC(=S)N(c3ccccc3)C2=O)cc1. The van der Waals surface area contributed by atoms with Crippen molar-refractivity contribution in [1.29, 1.82) is 0 Å². The van der Waals surface area contributed by atoms with Gasteiger partial charge in [0, 0.05) is 19.8 Å². The van der Waals surface area contributed by atoms with E-state index in [-0.39, 0.29) is 10.7 Å². The van der Waals surface area contributed by atoms with Crippen LogP contribution in [0.4, 0.5) is 11.4 Å². The van der Waals surface area contributed by atoms with Crippen molar-refractivity contribution in [3.63, 3.8) is 0 Å². The number of amides is 2. The molecule has 1 aliphatic heterocycles. The third-order valence-corrected chi connectivity index (χ3v) is 4.12. The summed E-state index contributed by atoms with van der Waals surface area (Å²) in [7, 11) is 3.90. The number of para-hydroxylation sites is 1. The summed E-state index contributed by atoms with van der Waals surface area (Å²) in [5.41, 5.74) is 2.47. The Labute approximate surface area is 151 Å². The Morgan fingerprint density at radius 2 is 1.64 bits per heavy atom. The second kappa shape index (κ2) is 6.86. The molecule has 0 aliphatic carbocycles. The molecule has 2 aromatic rings. The highest BCUT2D eigenvalue weighted by Crippen LogP contribution is 2.22. The normalized spacial score (nSPS) is 16.2. The van der Waals surface area contributed by atoms with E-state index in [4.69, 9.17) is 12.2 Å². The summed E-state index contributed by atoms with van der Waals surface area (Å²) < 4.78 is 0. The second-order valence-corrected chi connectivity index (χ2v) is 6.17. The number of benzene rings is 2. The molecule has 0 atom stereocenters. The Balaban J connectivity index is 1.96. The van der Waals surface area contributed by atoms with E-state index in [0.717, 1.165) is 11.3 Å². The van der Waals surface area contributed by atoms with E-state index in [1.165, 1.54) is 4.90 Å². The maximum atomic E-state index is 12.8. The lowest BCUT2D eigenvalue weighted by Gasteiger charge is -2.28. The monoisotopic (exact) mass is 351 g/mol. The number of nitrogens with zero attached hydrogens (tertiary/aromatic N) is 2. The highest BCUT2D eigenvalue weighted by atomic mass is 32.1. The molecular weight excluding hydrogens is 334 g/mol. The van der Waals surface area contributed by atoms with Crippen molar-refractivity contribution in [3.8, 4) is 0 Å². The molecule has 5 nitrogen and oxygen atoms in total. The van der Waals surface area contributed by atoms with Gasteiger partial charge in [-0.1, -0.05) is 30.3 Å². The van der Waals surface area contributed by atoms with Gasteiger partial charge in [-0.25, -0.2) is 0 Å². The molecule has 2 aromatic carbocycles. The summed E-state index contributed by atoms with van der Waals surface area (Å²) in [4.78, 5) is 28.4. The van der Waals surface area contributed by atoms with Gasteiger partial charge in [0.15, 0.2) is 5.11 Å². The summed E-state index contributed by atoms with van der Waals surface area (Å²) >= 11 is 5.17. The number of carbonyl (C=O) groups is 2. The summed E-state index contributed by atoms with van der Waals surface area (Å²) in [6.07, 6.45) is 1.58. The van der Waals surface area contributed by atoms with Crippen LogP contribution in [0.2, 0.25) is 0 Å². The Morgan fingerprint density at radius 3 is 2.24 bits per heavy atom. The molecule has 6 heteroatoms. The topological polar surface area (TPSA) is 52.7 Å². The van der Waals surface area contributed by atoms with Crippen molar-refractivity contribution in [3.05, 3.63) is 65.7 Å². The summed E-state index contributed by atoms with van der Waals surface area (Å²) in [6.45, 7) is 0. The largest absolute Gasteiger partial charge is 0.378 e. The van der Waals surface area contributed by atoms with E-state index in [1.54, 1.807) is 18.2 Å². The van der Waals surface area contributed by atoms with E-state index < -0.39 is 11.8 Å². The number of nitrogens with one attached hydrogen (secondary N) is 1. The molecule has 126 valence electrons. The quantitative estimate of drug-likeness (QED) is 0.525. The van der Waals surface area contributed by atoms with E-state index in [1.807, 2.05) is 61.5 Å². The molecule has 0 aromatic heterocycles. The first kappa shape index (κ1) is 16.9. The predicted molar refractivity (Wildman–Crippen MR) is 103 cm³/mol. The molecular formula is C19H17N3O2S. The van der Waals surface area contributed by atoms with Crippen LogP contribution in [0.3, 0.4) is 0 Å². The van der Waals surface area contributed by atoms with Crippen LogP contribution in [0.1, 0.15) is 5.56 Å². The third-order valence-electron chi connectivity index (χ3n) is 3.84. The third kappa shape index (κ3) is 3.44. The molecule has 0 spiro atoms. The van der Waals surface area contributed by atoms with Crippen molar-refractivity contribution in [2.75, 3.05) is 23.9 Å². The van der Waals surface area contributed by atoms with Gasteiger partial charge in [0.25, 0.3) is 11.8 Å². The van der Waals surface area contributed by atoms with Crippen LogP contribution in [0.5, 0.6) is 0 Å². The number of carbonyl (C=O) groups excluding carboxylic acids is 2. The zero-order valence-electron chi connectivity index (χ0n) is 13.9. The lowest BCUT2D eigenvalue weighted by Crippen LogP contribution is -2.54. The molecule has 0 saturated carbocycles. The maximum absolute atomic E-state index is 12.8. The highest BCUT2D eigenvalue weighted by molar-refractivity contribution is 7.80. The number of anilines is 2. The molecule has 1 N–H and O–H groups in total. The van der Waals surface area contributed by atoms with Crippen molar-refractivity contribution in [2.45, 2.75) is 0 Å². The van der Waals surface area contributed by atoms with E-state index in [0.29, 0.717) is 5.69 Å². The van der Waals surface area contributed by atoms with Crippen molar-refractivity contribution >= 4 is 46.6 Å². The molecule has 1 saturated heterocycles. The Morgan fingerprint density at radius 1 is 1.00 bits per heavy atom. The van der Waals surface area contributed by atoms with Gasteiger partial charge in [-0.2, -0.15) is 0 Å². The molecule has 25 heavy (non-hydrogen) atoms. The minimum Gasteiger partial charge on any atom is -0.378 e. The molecule has 0 radical (unpaired) electrons. The van der Waals surface area contributed by atoms with Gasteiger partial charge >= 0.3 is 0 Å². The Hall–Kier alpha value is -2.99. The first-order valence-corrected chi connectivity index (χ1v) is 8.12. The highest BCUT2D eigenvalue weighted by Gasteiger charge is 2.34. The van der Waals surface area contributed by atoms with Crippen LogP contribution in [0.15, 0.2) is 60.2 Å². The fourth-order valence-electron chi connectivity index (χ4n) is 2.50. The molecule has 0 unspecified atom stereocenters. The first-order chi connectivity index (χ1) is 12.0. The van der Waals surface area contributed by atoms with Crippen LogP contribution in [-0.2, 0) is 9.59 Å². The van der Waals surface area contributed by atoms with Crippen LogP contribution in [0.25, 0.3) is 6.08 Å². The zero-order valence-corrected chi connectivity index (χ0v) is 14.7. The smallest absolute Gasteiger partial charge is 0.270 e. The minimum absolute atomic E-state index is 0.0510. The average Bonchev–Trinajstić information content (AvgIpc) is 2.60. The van der Waals surface area contributed by atoms with Gasteiger partial charge in [0.1, 0.15) is 5.57 Å². The second-order valence-electron chi connectivity index (χ2n) is 5.78. The first-order valence-electron chi connectivity index (χ1n) is 7.71. The minimum atomic E-state index is -0.487. The van der Waals surface area contributed by atoms with E-state index >= 15 is 0 Å². The van der Waals surface area contributed by atoms with Gasteiger partial charge in [-0.15, -0.1) is 0 Å². The lowest BCUT2D eigenvalue weighted by atomic mass is 10.1. The molecule has 2 amide bonds.